The summed E-state index contributed by atoms with van der Waals surface area (Å²) in [6, 6.07) is 20.3. The van der Waals surface area contributed by atoms with Gasteiger partial charge in [-0.25, -0.2) is 0 Å². The minimum Gasteiger partial charge on any atom is -0.493 e. The second-order valence-electron chi connectivity index (χ2n) is 7.42. The Morgan fingerprint density at radius 1 is 0.941 bits per heavy atom. The highest BCUT2D eigenvalue weighted by atomic mass is 16.5. The molecule has 0 saturated carbocycles. The highest BCUT2D eigenvalue weighted by molar-refractivity contribution is 5.93. The third-order valence-corrected chi connectivity index (χ3v) is 4.97. The first kappa shape index (κ1) is 22.8. The Morgan fingerprint density at radius 2 is 1.71 bits per heavy atom. The highest BCUT2D eigenvalue weighted by Crippen LogP contribution is 2.32. The number of methoxy groups -OCH3 is 1. The number of nitrogens with one attached hydrogen (secondary N) is 1. The predicted octanol–water partition coefficient (Wildman–Crippen LogP) is 5.14. The van der Waals surface area contributed by atoms with Crippen LogP contribution >= 0.6 is 0 Å². The largest absolute Gasteiger partial charge is 0.493 e. The van der Waals surface area contributed by atoms with Crippen LogP contribution in [0, 0.1) is 6.92 Å². The van der Waals surface area contributed by atoms with Crippen LogP contribution in [0.1, 0.15) is 12.5 Å². The molecule has 4 aromatic rings. The smallest absolute Gasteiger partial charge is 0.262 e. The van der Waals surface area contributed by atoms with Crippen molar-refractivity contribution in [1.82, 2.24) is 10.1 Å². The Labute approximate surface area is 197 Å². The first-order valence-corrected chi connectivity index (χ1v) is 10.8. The van der Waals surface area contributed by atoms with E-state index in [4.69, 9.17) is 18.7 Å². The molecule has 174 valence electrons. The average Bonchev–Trinajstić information content (AvgIpc) is 3.35. The number of aryl methyl sites for hydroxylation is 1. The number of benzene rings is 3. The van der Waals surface area contributed by atoms with Crippen LogP contribution in [0.2, 0.25) is 0 Å². The van der Waals surface area contributed by atoms with Gasteiger partial charge in [-0.3, -0.25) is 4.79 Å². The van der Waals surface area contributed by atoms with Crippen molar-refractivity contribution < 1.29 is 23.5 Å². The Kier molecular flexibility index (Phi) is 7.07. The van der Waals surface area contributed by atoms with E-state index in [0.717, 1.165) is 11.1 Å². The van der Waals surface area contributed by atoms with Crippen molar-refractivity contribution in [2.24, 2.45) is 0 Å². The number of ether oxygens (including phenoxy) is 3. The standard InChI is InChI=1S/C26H25N3O5/c1-4-32-21-8-6-5-7-20(21)27-24(30)16-33-22-14-13-19(15-23(22)31-3)25-28-26(34-29-25)18-11-9-17(2)10-12-18/h5-15H,4,16H2,1-3H3,(H,27,30). The minimum atomic E-state index is -0.320. The zero-order chi connectivity index (χ0) is 23.9. The van der Waals surface area contributed by atoms with Gasteiger partial charge in [0.05, 0.1) is 19.4 Å². The van der Waals surface area contributed by atoms with E-state index in [-0.39, 0.29) is 12.5 Å². The Balaban J connectivity index is 1.44. The van der Waals surface area contributed by atoms with Crippen LogP contribution in [0.4, 0.5) is 5.69 Å². The monoisotopic (exact) mass is 459 g/mol. The predicted molar refractivity (Wildman–Crippen MR) is 128 cm³/mol. The molecule has 1 N–H and O–H groups in total. The molecule has 0 aliphatic heterocycles. The Morgan fingerprint density at radius 3 is 2.47 bits per heavy atom. The minimum absolute atomic E-state index is 0.198. The maximum Gasteiger partial charge on any atom is 0.262 e. The summed E-state index contributed by atoms with van der Waals surface area (Å²) in [5.41, 5.74) is 3.27. The number of nitrogens with zero attached hydrogens (tertiary/aromatic N) is 2. The summed E-state index contributed by atoms with van der Waals surface area (Å²) < 4.78 is 22.1. The number of hydrogen-bond donors (Lipinski definition) is 1. The first-order chi connectivity index (χ1) is 16.6. The van der Waals surface area contributed by atoms with Crippen LogP contribution in [-0.2, 0) is 4.79 Å². The third kappa shape index (κ3) is 5.35. The number of amides is 1. The lowest BCUT2D eigenvalue weighted by Crippen LogP contribution is -2.20. The van der Waals surface area contributed by atoms with Gasteiger partial charge in [-0.15, -0.1) is 0 Å². The number of carbonyl (C=O) groups excluding carboxylic acids is 1. The quantitative estimate of drug-likeness (QED) is 0.370. The Bertz CT molecular complexity index is 1270. The second kappa shape index (κ2) is 10.5. The van der Waals surface area contributed by atoms with Gasteiger partial charge >= 0.3 is 0 Å². The molecule has 8 heteroatoms. The summed E-state index contributed by atoms with van der Waals surface area (Å²) in [6.07, 6.45) is 0. The summed E-state index contributed by atoms with van der Waals surface area (Å²) in [7, 11) is 1.53. The molecule has 4 rings (SSSR count). The van der Waals surface area contributed by atoms with Gasteiger partial charge in [-0.05, 0) is 56.3 Å². The SMILES string of the molecule is CCOc1ccccc1NC(=O)COc1ccc(-c2noc(-c3ccc(C)cc3)n2)cc1OC. The van der Waals surface area contributed by atoms with Gasteiger partial charge in [0.2, 0.25) is 5.82 Å². The van der Waals surface area contributed by atoms with E-state index in [0.29, 0.717) is 46.8 Å². The normalized spacial score (nSPS) is 10.6. The van der Waals surface area contributed by atoms with E-state index in [1.807, 2.05) is 50.2 Å². The van der Waals surface area contributed by atoms with Crippen molar-refractivity contribution in [3.8, 4) is 40.1 Å². The number of aromatic nitrogens is 2. The first-order valence-electron chi connectivity index (χ1n) is 10.8. The molecule has 0 aliphatic carbocycles. The molecule has 0 saturated heterocycles. The highest BCUT2D eigenvalue weighted by Gasteiger charge is 2.15. The second-order valence-corrected chi connectivity index (χ2v) is 7.42. The summed E-state index contributed by atoms with van der Waals surface area (Å²) in [5.74, 6) is 2.00. The fourth-order valence-corrected chi connectivity index (χ4v) is 3.26. The van der Waals surface area contributed by atoms with E-state index in [1.54, 1.807) is 30.3 Å². The fraction of sp³-hybridized carbons (Fsp3) is 0.192. The van der Waals surface area contributed by atoms with Crippen LogP contribution in [0.25, 0.3) is 22.8 Å². The number of anilines is 1. The lowest BCUT2D eigenvalue weighted by atomic mass is 10.1. The molecule has 0 radical (unpaired) electrons. The molecular weight excluding hydrogens is 434 g/mol. The molecule has 0 fully saturated rings. The van der Waals surface area contributed by atoms with E-state index >= 15 is 0 Å². The Hall–Kier alpha value is -4.33. The number of hydrogen-bond acceptors (Lipinski definition) is 7. The maximum atomic E-state index is 12.4. The van der Waals surface area contributed by atoms with Gasteiger partial charge in [-0.2, -0.15) is 4.98 Å². The summed E-state index contributed by atoms with van der Waals surface area (Å²) >= 11 is 0. The van der Waals surface area contributed by atoms with Crippen molar-refractivity contribution in [1.29, 1.82) is 0 Å². The van der Waals surface area contributed by atoms with Gasteiger partial charge in [0, 0.05) is 11.1 Å². The van der Waals surface area contributed by atoms with E-state index in [1.165, 1.54) is 7.11 Å². The lowest BCUT2D eigenvalue weighted by molar-refractivity contribution is -0.118. The number of carbonyl (C=O) groups is 1. The van der Waals surface area contributed by atoms with Crippen molar-refractivity contribution in [3.63, 3.8) is 0 Å². The molecule has 0 unspecified atom stereocenters. The zero-order valence-electron chi connectivity index (χ0n) is 19.2. The van der Waals surface area contributed by atoms with Crippen LogP contribution in [0.3, 0.4) is 0 Å². The zero-order valence-corrected chi connectivity index (χ0v) is 19.2. The maximum absolute atomic E-state index is 12.4. The molecule has 1 amide bonds. The van der Waals surface area contributed by atoms with Gasteiger partial charge in [-0.1, -0.05) is 35.0 Å². The fourth-order valence-electron chi connectivity index (χ4n) is 3.26. The molecule has 34 heavy (non-hydrogen) atoms. The third-order valence-electron chi connectivity index (χ3n) is 4.97. The van der Waals surface area contributed by atoms with Gasteiger partial charge in [0.15, 0.2) is 18.1 Å². The van der Waals surface area contributed by atoms with Crippen molar-refractivity contribution in [2.45, 2.75) is 13.8 Å². The summed E-state index contributed by atoms with van der Waals surface area (Å²) in [4.78, 5) is 16.9. The molecule has 0 bridgehead atoms. The number of rotatable bonds is 9. The molecule has 1 aromatic heterocycles. The summed E-state index contributed by atoms with van der Waals surface area (Å²) in [5, 5.41) is 6.88. The van der Waals surface area contributed by atoms with Crippen LogP contribution < -0.4 is 19.5 Å². The molecule has 0 spiro atoms. The van der Waals surface area contributed by atoms with Crippen molar-refractivity contribution >= 4 is 11.6 Å². The number of para-hydroxylation sites is 2. The van der Waals surface area contributed by atoms with Crippen LogP contribution in [0.15, 0.2) is 71.3 Å². The average molecular weight is 460 g/mol. The molecule has 1 heterocycles. The molecular formula is C26H25N3O5. The molecule has 0 aliphatic rings. The molecule has 3 aromatic carbocycles. The van der Waals surface area contributed by atoms with Crippen molar-refractivity contribution in [3.05, 3.63) is 72.3 Å². The van der Waals surface area contributed by atoms with Crippen LogP contribution in [-0.4, -0.2) is 36.4 Å². The van der Waals surface area contributed by atoms with Gasteiger partial charge < -0.3 is 24.1 Å². The van der Waals surface area contributed by atoms with E-state index < -0.39 is 0 Å². The van der Waals surface area contributed by atoms with Gasteiger partial charge in [0.25, 0.3) is 11.8 Å². The summed E-state index contributed by atoms with van der Waals surface area (Å²) in [6.45, 7) is 4.20. The van der Waals surface area contributed by atoms with E-state index in [2.05, 4.69) is 15.5 Å². The van der Waals surface area contributed by atoms with Crippen LogP contribution in [0.5, 0.6) is 17.2 Å². The topological polar surface area (TPSA) is 95.7 Å². The van der Waals surface area contributed by atoms with E-state index in [9.17, 15) is 4.79 Å². The molecule has 0 atom stereocenters. The van der Waals surface area contributed by atoms with Crippen molar-refractivity contribution in [2.75, 3.05) is 25.6 Å². The van der Waals surface area contributed by atoms with Gasteiger partial charge in [0.1, 0.15) is 5.75 Å². The lowest BCUT2D eigenvalue weighted by Gasteiger charge is -2.13. The molecule has 8 nitrogen and oxygen atoms in total.